The topological polar surface area (TPSA) is 160 Å². The van der Waals surface area contributed by atoms with E-state index in [0.29, 0.717) is 38.9 Å². The van der Waals surface area contributed by atoms with E-state index in [1.807, 2.05) is 13.8 Å². The Bertz CT molecular complexity index is 1150. The standard InChI is InChI=1S/C37H69N5O7S/c1-6-9-21-42(39-36(46)28-13-11-10-12-14-28)26-34(44)33(22-27-15-17-31(43)18-16-27)38-35(45)29-23-30(37(47)41(19-7-2)20-8-3)25-32(24-29)50(48,49)40(4)5/h27-34,43-44H,6-26H2,1-5H3,(H,38,45)(H,39,46). The molecule has 4 N–H and O–H groups in total. The first-order chi connectivity index (χ1) is 23.8. The lowest BCUT2D eigenvalue weighted by atomic mass is 9.79. The molecule has 3 aliphatic carbocycles. The van der Waals surface area contributed by atoms with Crippen LogP contribution < -0.4 is 10.7 Å². The van der Waals surface area contributed by atoms with Crippen LogP contribution in [-0.4, -0.2) is 114 Å². The summed E-state index contributed by atoms with van der Waals surface area (Å²) in [6.07, 6.45) is 10.9. The van der Waals surface area contributed by atoms with Gasteiger partial charge in [0.15, 0.2) is 0 Å². The number of unbranched alkanes of at least 4 members (excludes halogenated alkanes) is 1. The van der Waals surface area contributed by atoms with Crippen LogP contribution in [0.5, 0.6) is 0 Å². The summed E-state index contributed by atoms with van der Waals surface area (Å²) in [5, 5.41) is 26.0. The predicted octanol–water partition coefficient (Wildman–Crippen LogP) is 3.81. The van der Waals surface area contributed by atoms with Gasteiger partial charge in [0.2, 0.25) is 27.7 Å². The van der Waals surface area contributed by atoms with Crippen LogP contribution >= 0.6 is 0 Å². The van der Waals surface area contributed by atoms with Crippen LogP contribution in [0.1, 0.15) is 130 Å². The van der Waals surface area contributed by atoms with Crippen molar-refractivity contribution in [1.29, 1.82) is 0 Å². The van der Waals surface area contributed by atoms with Gasteiger partial charge in [-0.1, -0.05) is 46.5 Å². The Morgan fingerprint density at radius 2 is 1.40 bits per heavy atom. The minimum absolute atomic E-state index is 0.0129. The molecule has 3 aliphatic rings. The highest BCUT2D eigenvalue weighted by molar-refractivity contribution is 7.89. The Labute approximate surface area is 302 Å². The molecule has 0 heterocycles. The van der Waals surface area contributed by atoms with Crippen molar-refractivity contribution in [1.82, 2.24) is 25.0 Å². The molecule has 3 amide bonds. The van der Waals surface area contributed by atoms with Gasteiger partial charge in [-0.2, -0.15) is 0 Å². The van der Waals surface area contributed by atoms with E-state index in [1.54, 1.807) is 9.91 Å². The van der Waals surface area contributed by atoms with E-state index in [9.17, 15) is 33.0 Å². The number of carbonyl (C=O) groups is 3. The predicted molar refractivity (Wildman–Crippen MR) is 196 cm³/mol. The van der Waals surface area contributed by atoms with Gasteiger partial charge in [-0.05, 0) is 89.4 Å². The molecule has 3 rings (SSSR count). The monoisotopic (exact) mass is 727 g/mol. The minimum Gasteiger partial charge on any atom is -0.393 e. The Hall–Kier alpha value is -1.80. The minimum atomic E-state index is -3.74. The normalized spacial score (nSPS) is 26.4. The number of aliphatic hydroxyl groups excluding tert-OH is 2. The molecule has 12 nitrogen and oxygen atoms in total. The molecular formula is C37H69N5O7S. The van der Waals surface area contributed by atoms with Crippen molar-refractivity contribution in [3.63, 3.8) is 0 Å². The molecule has 3 saturated carbocycles. The molecule has 50 heavy (non-hydrogen) atoms. The lowest BCUT2D eigenvalue weighted by molar-refractivity contribution is -0.139. The zero-order chi connectivity index (χ0) is 36.8. The SMILES string of the molecule is CCCCN(CC(O)C(CC1CCC(O)CC1)NC(=O)C1CC(C(=O)N(CCC)CCC)CC(S(=O)(=O)N(C)C)C1)NC(=O)C1CCCCC1. The Morgan fingerprint density at radius 3 is 1.98 bits per heavy atom. The van der Waals surface area contributed by atoms with Gasteiger partial charge in [-0.3, -0.25) is 19.8 Å². The first-order valence-corrected chi connectivity index (χ1v) is 21.2. The first kappa shape index (κ1) is 42.6. The fourth-order valence-corrected chi connectivity index (χ4v) is 9.76. The maximum absolute atomic E-state index is 14.2. The summed E-state index contributed by atoms with van der Waals surface area (Å²) in [6.45, 7) is 7.98. The molecule has 3 fully saturated rings. The summed E-state index contributed by atoms with van der Waals surface area (Å²) in [7, 11) is -0.764. The summed E-state index contributed by atoms with van der Waals surface area (Å²) in [4.78, 5) is 43.0. The second-order valence-corrected chi connectivity index (χ2v) is 18.0. The molecule has 0 saturated heterocycles. The lowest BCUT2D eigenvalue weighted by Gasteiger charge is -2.38. The molecule has 0 bridgehead atoms. The fourth-order valence-electron chi connectivity index (χ4n) is 8.21. The van der Waals surface area contributed by atoms with E-state index in [-0.39, 0.29) is 61.5 Å². The molecule has 0 aromatic carbocycles. The van der Waals surface area contributed by atoms with Crippen molar-refractivity contribution >= 4 is 27.7 Å². The number of nitrogens with one attached hydrogen (secondary N) is 2. The van der Waals surface area contributed by atoms with Crippen LogP contribution in [0, 0.1) is 23.7 Å². The number of hydrogen-bond donors (Lipinski definition) is 4. The van der Waals surface area contributed by atoms with Gasteiger partial charge >= 0.3 is 0 Å². The molecule has 0 aliphatic heterocycles. The van der Waals surface area contributed by atoms with Crippen LogP contribution in [-0.2, 0) is 24.4 Å². The molecule has 13 heteroatoms. The third kappa shape index (κ3) is 12.7. The van der Waals surface area contributed by atoms with Crippen molar-refractivity contribution in [2.45, 2.75) is 153 Å². The maximum atomic E-state index is 14.2. The number of aliphatic hydroxyl groups is 2. The zero-order valence-electron chi connectivity index (χ0n) is 31.7. The third-order valence-electron chi connectivity index (χ3n) is 11.2. The lowest BCUT2D eigenvalue weighted by Crippen LogP contribution is -2.55. The van der Waals surface area contributed by atoms with Crippen LogP contribution in [0.2, 0.25) is 0 Å². The highest BCUT2D eigenvalue weighted by atomic mass is 32.2. The molecule has 0 spiro atoms. The Kier molecular flexibility index (Phi) is 17.9. The number of amides is 3. The van der Waals surface area contributed by atoms with E-state index >= 15 is 0 Å². The zero-order valence-corrected chi connectivity index (χ0v) is 32.5. The average molecular weight is 728 g/mol. The summed E-state index contributed by atoms with van der Waals surface area (Å²) < 4.78 is 28.1. The average Bonchev–Trinajstić information content (AvgIpc) is 3.10. The highest BCUT2D eigenvalue weighted by Crippen LogP contribution is 2.36. The number of carbonyl (C=O) groups excluding carboxylic acids is 3. The molecule has 0 aromatic heterocycles. The van der Waals surface area contributed by atoms with Gasteiger partial charge in [0.05, 0.1) is 23.5 Å². The van der Waals surface area contributed by atoms with Gasteiger partial charge < -0.3 is 20.4 Å². The summed E-state index contributed by atoms with van der Waals surface area (Å²) >= 11 is 0. The van der Waals surface area contributed by atoms with E-state index in [2.05, 4.69) is 17.7 Å². The van der Waals surface area contributed by atoms with Gasteiger partial charge in [-0.25, -0.2) is 17.7 Å². The fraction of sp³-hybridized carbons (Fsp3) is 0.919. The van der Waals surface area contributed by atoms with E-state index in [0.717, 1.165) is 70.6 Å². The molecule has 5 atom stereocenters. The van der Waals surface area contributed by atoms with Crippen LogP contribution in [0.4, 0.5) is 0 Å². The maximum Gasteiger partial charge on any atom is 0.237 e. The smallest absolute Gasteiger partial charge is 0.237 e. The molecule has 5 unspecified atom stereocenters. The van der Waals surface area contributed by atoms with Gasteiger partial charge in [-0.15, -0.1) is 0 Å². The molecule has 0 aromatic rings. The first-order valence-electron chi connectivity index (χ1n) is 19.7. The number of hydrogen-bond acceptors (Lipinski definition) is 8. The van der Waals surface area contributed by atoms with E-state index < -0.39 is 39.3 Å². The summed E-state index contributed by atoms with van der Waals surface area (Å²) in [5.74, 6) is -1.60. The van der Waals surface area contributed by atoms with Crippen LogP contribution in [0.15, 0.2) is 0 Å². The van der Waals surface area contributed by atoms with Gasteiger partial charge in [0.1, 0.15) is 0 Å². The number of hydrazine groups is 1. The van der Waals surface area contributed by atoms with E-state index in [1.165, 1.54) is 18.4 Å². The third-order valence-corrected chi connectivity index (χ3v) is 13.5. The van der Waals surface area contributed by atoms with Crippen LogP contribution in [0.3, 0.4) is 0 Å². The molecular weight excluding hydrogens is 659 g/mol. The number of nitrogens with zero attached hydrogens (tertiary/aromatic N) is 3. The van der Waals surface area contributed by atoms with Crippen molar-refractivity contribution in [2.75, 3.05) is 40.3 Å². The van der Waals surface area contributed by atoms with E-state index in [4.69, 9.17) is 0 Å². The largest absolute Gasteiger partial charge is 0.393 e. The number of rotatable bonds is 19. The van der Waals surface area contributed by atoms with Crippen molar-refractivity contribution in [3.05, 3.63) is 0 Å². The molecule has 0 radical (unpaired) electrons. The quantitative estimate of drug-likeness (QED) is 0.146. The van der Waals surface area contributed by atoms with Crippen LogP contribution in [0.25, 0.3) is 0 Å². The highest BCUT2D eigenvalue weighted by Gasteiger charge is 2.44. The van der Waals surface area contributed by atoms with Crippen molar-refractivity contribution in [2.24, 2.45) is 23.7 Å². The van der Waals surface area contributed by atoms with Gasteiger partial charge in [0.25, 0.3) is 0 Å². The molecule has 290 valence electrons. The van der Waals surface area contributed by atoms with Crippen molar-refractivity contribution in [3.8, 4) is 0 Å². The van der Waals surface area contributed by atoms with Crippen molar-refractivity contribution < 1.29 is 33.0 Å². The summed E-state index contributed by atoms with van der Waals surface area (Å²) in [5.41, 5.74) is 3.09. The Balaban J connectivity index is 1.84. The number of sulfonamides is 1. The second-order valence-electron chi connectivity index (χ2n) is 15.6. The summed E-state index contributed by atoms with van der Waals surface area (Å²) in [6, 6.07) is -0.643. The van der Waals surface area contributed by atoms with Gasteiger partial charge in [0, 0.05) is 58.0 Å². The second kappa shape index (κ2) is 21.0. The Morgan fingerprint density at radius 1 is 0.780 bits per heavy atom.